The molecule has 1 N–H and O–H groups in total. The summed E-state index contributed by atoms with van der Waals surface area (Å²) < 4.78 is 1.79. The number of amides is 1. The highest BCUT2D eigenvalue weighted by Gasteiger charge is 2.30. The van der Waals surface area contributed by atoms with Crippen LogP contribution in [0.5, 0.6) is 0 Å². The fourth-order valence-corrected chi connectivity index (χ4v) is 3.38. The Morgan fingerprint density at radius 1 is 1.15 bits per heavy atom. The third-order valence-corrected chi connectivity index (χ3v) is 4.68. The number of carbonyl (C=O) groups is 1. The van der Waals surface area contributed by atoms with Crippen molar-refractivity contribution in [3.8, 4) is 5.69 Å². The van der Waals surface area contributed by atoms with Crippen LogP contribution in [0.25, 0.3) is 5.69 Å². The summed E-state index contributed by atoms with van der Waals surface area (Å²) in [6.07, 6.45) is 9.19. The number of anilines is 1. The third kappa shape index (κ3) is 3.65. The molecular formula is C20H21N5O. The molecule has 26 heavy (non-hydrogen) atoms. The molecule has 0 spiro atoms. The second-order valence-electron chi connectivity index (χ2n) is 6.48. The summed E-state index contributed by atoms with van der Waals surface area (Å²) in [4.78, 5) is 19.1. The van der Waals surface area contributed by atoms with E-state index in [1.54, 1.807) is 17.1 Å². The monoisotopic (exact) mass is 347 g/mol. The number of hydrogen-bond acceptors (Lipinski definition) is 4. The molecule has 0 aliphatic carbocycles. The van der Waals surface area contributed by atoms with Crippen molar-refractivity contribution >= 4 is 11.6 Å². The standard InChI is InChI=1S/C20H21N5O/c26-20(19-5-2-12-24(19)15-16-4-1-10-21-14-16)23-17-6-8-18(9-7-17)25-13-3-11-22-25/h1,3-4,6-11,13-14,19H,2,5,12,15H2,(H,23,26)/t19-/m0/s1. The Bertz CT molecular complexity index is 846. The summed E-state index contributed by atoms with van der Waals surface area (Å²) in [5.41, 5.74) is 2.90. The van der Waals surface area contributed by atoms with Gasteiger partial charge in [-0.2, -0.15) is 5.10 Å². The van der Waals surface area contributed by atoms with Crippen LogP contribution in [0.3, 0.4) is 0 Å². The molecule has 1 saturated heterocycles. The molecule has 1 aromatic carbocycles. The van der Waals surface area contributed by atoms with Crippen molar-refractivity contribution in [3.05, 3.63) is 72.8 Å². The lowest BCUT2D eigenvalue weighted by Gasteiger charge is -2.23. The quantitative estimate of drug-likeness (QED) is 0.771. The Morgan fingerprint density at radius 2 is 2.04 bits per heavy atom. The van der Waals surface area contributed by atoms with E-state index in [2.05, 4.69) is 20.3 Å². The zero-order chi connectivity index (χ0) is 17.8. The number of rotatable bonds is 5. The van der Waals surface area contributed by atoms with E-state index in [0.29, 0.717) is 0 Å². The summed E-state index contributed by atoms with van der Waals surface area (Å²) in [7, 11) is 0. The highest BCUT2D eigenvalue weighted by Crippen LogP contribution is 2.22. The van der Waals surface area contributed by atoms with Gasteiger partial charge in [0, 0.05) is 37.0 Å². The van der Waals surface area contributed by atoms with Crippen LogP contribution in [0.4, 0.5) is 5.69 Å². The van der Waals surface area contributed by atoms with E-state index in [4.69, 9.17) is 0 Å². The smallest absolute Gasteiger partial charge is 0.241 e. The van der Waals surface area contributed by atoms with E-state index in [0.717, 1.165) is 42.9 Å². The minimum Gasteiger partial charge on any atom is -0.325 e. The molecule has 0 bridgehead atoms. The number of hydrogen-bond donors (Lipinski definition) is 1. The molecule has 0 radical (unpaired) electrons. The second-order valence-corrected chi connectivity index (χ2v) is 6.48. The first-order valence-corrected chi connectivity index (χ1v) is 8.83. The minimum atomic E-state index is -0.0963. The summed E-state index contributed by atoms with van der Waals surface area (Å²) in [5.74, 6) is 0.0539. The van der Waals surface area contributed by atoms with Crippen LogP contribution < -0.4 is 5.32 Å². The molecule has 1 fully saturated rings. The van der Waals surface area contributed by atoms with Crippen molar-refractivity contribution < 1.29 is 4.79 Å². The normalized spacial score (nSPS) is 17.3. The van der Waals surface area contributed by atoms with Gasteiger partial charge < -0.3 is 5.32 Å². The maximum Gasteiger partial charge on any atom is 0.241 e. The van der Waals surface area contributed by atoms with Gasteiger partial charge in [0.1, 0.15) is 0 Å². The summed E-state index contributed by atoms with van der Waals surface area (Å²) in [5, 5.41) is 7.25. The van der Waals surface area contributed by atoms with Crippen molar-refractivity contribution in [3.63, 3.8) is 0 Å². The Labute approximate surface area is 152 Å². The number of benzene rings is 1. The van der Waals surface area contributed by atoms with Gasteiger partial charge in [0.25, 0.3) is 0 Å². The fraction of sp³-hybridized carbons (Fsp3) is 0.250. The van der Waals surface area contributed by atoms with E-state index in [1.165, 1.54) is 0 Å². The van der Waals surface area contributed by atoms with Crippen LogP contribution >= 0.6 is 0 Å². The Kier molecular flexibility index (Phi) is 4.75. The number of pyridine rings is 1. The third-order valence-electron chi connectivity index (χ3n) is 4.68. The molecule has 2 aromatic heterocycles. The summed E-state index contributed by atoms with van der Waals surface area (Å²) in [6, 6.07) is 13.5. The van der Waals surface area contributed by atoms with E-state index in [-0.39, 0.29) is 11.9 Å². The van der Waals surface area contributed by atoms with E-state index in [1.807, 2.05) is 54.9 Å². The predicted molar refractivity (Wildman–Crippen MR) is 99.9 cm³/mol. The molecule has 1 aliphatic heterocycles. The minimum absolute atomic E-state index is 0.0539. The van der Waals surface area contributed by atoms with Gasteiger partial charge in [0.05, 0.1) is 11.7 Å². The molecular weight excluding hydrogens is 326 g/mol. The lowest BCUT2D eigenvalue weighted by atomic mass is 10.2. The van der Waals surface area contributed by atoms with Gasteiger partial charge in [-0.25, -0.2) is 4.68 Å². The largest absolute Gasteiger partial charge is 0.325 e. The summed E-state index contributed by atoms with van der Waals surface area (Å²) >= 11 is 0. The lowest BCUT2D eigenvalue weighted by Crippen LogP contribution is -2.39. The van der Waals surface area contributed by atoms with E-state index in [9.17, 15) is 4.79 Å². The van der Waals surface area contributed by atoms with Crippen LogP contribution in [0.15, 0.2) is 67.3 Å². The molecule has 1 amide bonds. The van der Waals surface area contributed by atoms with Crippen molar-refractivity contribution in [1.82, 2.24) is 19.7 Å². The number of carbonyl (C=O) groups excluding carboxylic acids is 1. The zero-order valence-electron chi connectivity index (χ0n) is 14.5. The van der Waals surface area contributed by atoms with Gasteiger partial charge in [-0.05, 0) is 61.3 Å². The average Bonchev–Trinajstić information content (AvgIpc) is 3.35. The van der Waals surface area contributed by atoms with Crippen LogP contribution in [0.1, 0.15) is 18.4 Å². The highest BCUT2D eigenvalue weighted by atomic mass is 16.2. The van der Waals surface area contributed by atoms with Gasteiger partial charge in [-0.1, -0.05) is 6.07 Å². The first kappa shape index (κ1) is 16.5. The Morgan fingerprint density at radius 3 is 2.77 bits per heavy atom. The van der Waals surface area contributed by atoms with Crippen LogP contribution in [0.2, 0.25) is 0 Å². The van der Waals surface area contributed by atoms with Crippen LogP contribution in [0, 0.1) is 0 Å². The molecule has 1 aliphatic rings. The van der Waals surface area contributed by atoms with Crippen LogP contribution in [-0.4, -0.2) is 38.2 Å². The lowest BCUT2D eigenvalue weighted by molar-refractivity contribution is -0.120. The van der Waals surface area contributed by atoms with Crippen LogP contribution in [-0.2, 0) is 11.3 Å². The van der Waals surface area contributed by atoms with Gasteiger partial charge in [-0.3, -0.25) is 14.7 Å². The summed E-state index contributed by atoms with van der Waals surface area (Å²) in [6.45, 7) is 1.69. The Balaban J connectivity index is 1.40. The average molecular weight is 347 g/mol. The molecule has 3 heterocycles. The SMILES string of the molecule is O=C(Nc1ccc(-n2cccn2)cc1)[C@@H]1CCCN1Cc1cccnc1. The Hall–Kier alpha value is -2.99. The molecule has 3 aromatic rings. The van der Waals surface area contributed by atoms with Gasteiger partial charge >= 0.3 is 0 Å². The molecule has 6 heteroatoms. The number of nitrogens with zero attached hydrogens (tertiary/aromatic N) is 4. The second kappa shape index (κ2) is 7.49. The molecule has 1 atom stereocenters. The highest BCUT2D eigenvalue weighted by molar-refractivity contribution is 5.95. The van der Waals surface area contributed by atoms with Gasteiger partial charge in [0.2, 0.25) is 5.91 Å². The van der Waals surface area contributed by atoms with Crippen molar-refractivity contribution in [2.45, 2.75) is 25.4 Å². The number of nitrogens with one attached hydrogen (secondary N) is 1. The number of likely N-dealkylation sites (tertiary alicyclic amines) is 1. The van der Waals surface area contributed by atoms with Crippen molar-refractivity contribution in [1.29, 1.82) is 0 Å². The molecule has 4 rings (SSSR count). The molecule has 6 nitrogen and oxygen atoms in total. The van der Waals surface area contributed by atoms with E-state index >= 15 is 0 Å². The number of aromatic nitrogens is 3. The molecule has 132 valence electrons. The van der Waals surface area contributed by atoms with Crippen molar-refractivity contribution in [2.24, 2.45) is 0 Å². The van der Waals surface area contributed by atoms with Gasteiger partial charge in [0.15, 0.2) is 0 Å². The molecule has 0 unspecified atom stereocenters. The maximum absolute atomic E-state index is 12.7. The topological polar surface area (TPSA) is 63.1 Å². The van der Waals surface area contributed by atoms with Crippen molar-refractivity contribution in [2.75, 3.05) is 11.9 Å². The predicted octanol–water partition coefficient (Wildman–Crippen LogP) is 2.87. The first-order valence-electron chi connectivity index (χ1n) is 8.83. The first-order chi connectivity index (χ1) is 12.8. The van der Waals surface area contributed by atoms with E-state index < -0.39 is 0 Å². The fourth-order valence-electron chi connectivity index (χ4n) is 3.38. The maximum atomic E-state index is 12.7. The zero-order valence-corrected chi connectivity index (χ0v) is 14.5. The molecule has 0 saturated carbocycles. The van der Waals surface area contributed by atoms with Gasteiger partial charge in [-0.15, -0.1) is 0 Å².